The summed E-state index contributed by atoms with van der Waals surface area (Å²) in [6.45, 7) is 3.84. The quantitative estimate of drug-likeness (QED) is 0.259. The molecule has 3 N–H and O–H groups in total. The van der Waals surface area contributed by atoms with Crippen LogP contribution in [-0.2, 0) is 4.74 Å². The number of carbonyl (C=O) groups is 1. The molecule has 3 unspecified atom stereocenters. The largest absolute Gasteiger partial charge is 0.373 e. The summed E-state index contributed by atoms with van der Waals surface area (Å²) >= 11 is 0. The summed E-state index contributed by atoms with van der Waals surface area (Å²) < 4.78 is 5.86. The van der Waals surface area contributed by atoms with Crippen molar-refractivity contribution in [3.05, 3.63) is 30.1 Å². The Balaban J connectivity index is 0.00000225. The Morgan fingerprint density at radius 1 is 1.40 bits per heavy atom. The van der Waals surface area contributed by atoms with Crippen LogP contribution in [0.4, 0.5) is 0 Å². The molecule has 138 valence electrons. The second-order valence-corrected chi connectivity index (χ2v) is 6.12. The molecule has 3 atom stereocenters. The second-order valence-electron chi connectivity index (χ2n) is 6.12. The first-order valence-corrected chi connectivity index (χ1v) is 8.64. The number of aromatic nitrogens is 1. The fraction of sp³-hybridized carbons (Fsp3) is 0.588. The molecule has 2 aliphatic heterocycles. The summed E-state index contributed by atoms with van der Waals surface area (Å²) in [7, 11) is 0. The van der Waals surface area contributed by atoms with Crippen molar-refractivity contribution >= 4 is 35.8 Å². The van der Waals surface area contributed by atoms with Gasteiger partial charge in [-0.25, -0.2) is 0 Å². The zero-order valence-electron chi connectivity index (χ0n) is 14.4. The number of halogens is 1. The van der Waals surface area contributed by atoms with Crippen LogP contribution < -0.4 is 16.0 Å². The molecule has 2 fully saturated rings. The van der Waals surface area contributed by atoms with Gasteiger partial charge in [0, 0.05) is 25.5 Å². The minimum absolute atomic E-state index is 0. The van der Waals surface area contributed by atoms with E-state index in [4.69, 9.17) is 4.74 Å². The van der Waals surface area contributed by atoms with Gasteiger partial charge in [-0.2, -0.15) is 0 Å². The number of nitrogens with one attached hydrogen (secondary N) is 3. The topological polar surface area (TPSA) is 87.6 Å². The summed E-state index contributed by atoms with van der Waals surface area (Å²) in [5.74, 6) is 0.659. The minimum atomic E-state index is -0.127. The summed E-state index contributed by atoms with van der Waals surface area (Å²) in [4.78, 5) is 20.4. The molecular formula is C17H26IN5O2. The van der Waals surface area contributed by atoms with Gasteiger partial charge in [0.05, 0.1) is 30.4 Å². The molecule has 2 saturated heterocycles. The van der Waals surface area contributed by atoms with Gasteiger partial charge in [0.2, 0.25) is 0 Å². The fourth-order valence-electron chi connectivity index (χ4n) is 3.22. The molecular weight excluding hydrogens is 433 g/mol. The molecule has 3 heterocycles. The molecule has 0 aromatic carbocycles. The summed E-state index contributed by atoms with van der Waals surface area (Å²) in [6, 6.07) is 3.83. The summed E-state index contributed by atoms with van der Waals surface area (Å²) in [6.07, 6.45) is 7.28. The summed E-state index contributed by atoms with van der Waals surface area (Å²) in [5, 5.41) is 9.56. The lowest BCUT2D eigenvalue weighted by molar-refractivity contribution is 0.0954. The fourth-order valence-corrected chi connectivity index (χ4v) is 3.22. The van der Waals surface area contributed by atoms with E-state index in [-0.39, 0.29) is 29.9 Å². The van der Waals surface area contributed by atoms with Crippen molar-refractivity contribution in [2.45, 2.75) is 44.4 Å². The van der Waals surface area contributed by atoms with Crippen LogP contribution in [0.1, 0.15) is 36.5 Å². The first-order valence-electron chi connectivity index (χ1n) is 8.64. The van der Waals surface area contributed by atoms with Gasteiger partial charge in [0.15, 0.2) is 5.96 Å². The van der Waals surface area contributed by atoms with Crippen LogP contribution in [0.3, 0.4) is 0 Å². The van der Waals surface area contributed by atoms with E-state index in [1.807, 2.05) is 6.92 Å². The van der Waals surface area contributed by atoms with Crippen LogP contribution in [0.2, 0.25) is 0 Å². The van der Waals surface area contributed by atoms with E-state index in [2.05, 4.69) is 25.9 Å². The van der Waals surface area contributed by atoms with Gasteiger partial charge in [-0.05, 0) is 38.3 Å². The number of nitrogens with zero attached hydrogens (tertiary/aromatic N) is 2. The van der Waals surface area contributed by atoms with Gasteiger partial charge in [-0.15, -0.1) is 24.0 Å². The molecule has 7 nitrogen and oxygen atoms in total. The number of hydrogen-bond acceptors (Lipinski definition) is 4. The number of rotatable bonds is 6. The highest BCUT2D eigenvalue weighted by molar-refractivity contribution is 14.0. The molecule has 1 amide bonds. The number of ether oxygens (including phenoxy) is 1. The molecule has 0 saturated carbocycles. The van der Waals surface area contributed by atoms with Gasteiger partial charge in [-0.3, -0.25) is 14.8 Å². The monoisotopic (exact) mass is 459 g/mol. The predicted octanol–water partition coefficient (Wildman–Crippen LogP) is 1.30. The number of guanidine groups is 1. The Morgan fingerprint density at radius 2 is 2.28 bits per heavy atom. The van der Waals surface area contributed by atoms with Crippen molar-refractivity contribution in [3.63, 3.8) is 0 Å². The van der Waals surface area contributed by atoms with Crippen LogP contribution in [0.15, 0.2) is 29.5 Å². The van der Waals surface area contributed by atoms with Crippen molar-refractivity contribution in [2.75, 3.05) is 19.6 Å². The van der Waals surface area contributed by atoms with Gasteiger partial charge in [0.25, 0.3) is 5.91 Å². The van der Waals surface area contributed by atoms with Gasteiger partial charge in [0.1, 0.15) is 0 Å². The zero-order chi connectivity index (χ0) is 16.8. The highest BCUT2D eigenvalue weighted by Crippen LogP contribution is 2.34. The van der Waals surface area contributed by atoms with Crippen molar-refractivity contribution in [3.8, 4) is 0 Å². The number of fused-ring (bicyclic) bond motifs is 2. The molecule has 2 bridgehead atoms. The highest BCUT2D eigenvalue weighted by atomic mass is 127. The maximum Gasteiger partial charge on any atom is 0.252 e. The van der Waals surface area contributed by atoms with E-state index in [9.17, 15) is 4.79 Å². The van der Waals surface area contributed by atoms with E-state index in [0.29, 0.717) is 36.9 Å². The number of amides is 1. The molecule has 2 aliphatic rings. The number of carbonyl (C=O) groups excluding carboxylic acids is 1. The molecule has 0 aliphatic carbocycles. The van der Waals surface area contributed by atoms with E-state index in [1.54, 1.807) is 24.5 Å². The van der Waals surface area contributed by atoms with Crippen LogP contribution in [-0.4, -0.2) is 54.7 Å². The highest BCUT2D eigenvalue weighted by Gasteiger charge is 2.41. The third-order valence-corrected chi connectivity index (χ3v) is 4.36. The Hall–Kier alpha value is -1.42. The maximum atomic E-state index is 11.9. The number of aliphatic imine (C=N–C) groups is 1. The molecule has 3 rings (SSSR count). The number of pyridine rings is 1. The van der Waals surface area contributed by atoms with E-state index in [1.165, 1.54) is 6.42 Å². The van der Waals surface area contributed by atoms with E-state index in [0.717, 1.165) is 25.3 Å². The maximum absolute atomic E-state index is 11.9. The standard InChI is InChI=1S/C17H25N5O2.HI/c1-2-19-17(22-14-10-13-5-6-15(14)24-13)21-9-8-20-16(23)12-4-3-7-18-11-12;/h3-4,7,11,13-15H,2,5-6,8-10H2,1H3,(H,20,23)(H2,19,21,22);1H. The minimum Gasteiger partial charge on any atom is -0.373 e. The van der Waals surface area contributed by atoms with Crippen molar-refractivity contribution in [1.82, 2.24) is 20.9 Å². The predicted molar refractivity (Wildman–Crippen MR) is 107 cm³/mol. The van der Waals surface area contributed by atoms with E-state index < -0.39 is 0 Å². The molecule has 25 heavy (non-hydrogen) atoms. The van der Waals surface area contributed by atoms with Gasteiger partial charge in [-0.1, -0.05) is 0 Å². The number of hydrogen-bond donors (Lipinski definition) is 3. The Bertz CT molecular complexity index is 584. The molecule has 1 aromatic rings. The molecule has 0 radical (unpaired) electrons. The van der Waals surface area contributed by atoms with Crippen LogP contribution in [0.25, 0.3) is 0 Å². The third-order valence-electron chi connectivity index (χ3n) is 4.36. The van der Waals surface area contributed by atoms with Crippen molar-refractivity contribution in [2.24, 2.45) is 4.99 Å². The lowest BCUT2D eigenvalue weighted by Gasteiger charge is -2.22. The lowest BCUT2D eigenvalue weighted by Crippen LogP contribution is -2.47. The molecule has 1 aromatic heterocycles. The Morgan fingerprint density at radius 3 is 2.92 bits per heavy atom. The van der Waals surface area contributed by atoms with Crippen LogP contribution >= 0.6 is 24.0 Å². The Kier molecular flexibility index (Phi) is 7.89. The second kappa shape index (κ2) is 9.91. The van der Waals surface area contributed by atoms with Crippen LogP contribution in [0.5, 0.6) is 0 Å². The lowest BCUT2D eigenvalue weighted by atomic mass is 9.96. The molecule has 8 heteroatoms. The van der Waals surface area contributed by atoms with Gasteiger partial charge < -0.3 is 20.7 Å². The first-order chi connectivity index (χ1) is 11.8. The SMILES string of the molecule is CCNC(=NCCNC(=O)c1cccnc1)NC1CC2CCC1O2.I. The average molecular weight is 459 g/mol. The van der Waals surface area contributed by atoms with E-state index >= 15 is 0 Å². The third kappa shape index (κ3) is 5.53. The van der Waals surface area contributed by atoms with Gasteiger partial charge >= 0.3 is 0 Å². The van der Waals surface area contributed by atoms with Crippen LogP contribution in [0, 0.1) is 0 Å². The smallest absolute Gasteiger partial charge is 0.252 e. The Labute approximate surface area is 165 Å². The summed E-state index contributed by atoms with van der Waals surface area (Å²) in [5.41, 5.74) is 0.561. The first kappa shape index (κ1) is 19.9. The molecule has 0 spiro atoms. The van der Waals surface area contributed by atoms with Crippen molar-refractivity contribution in [1.29, 1.82) is 0 Å². The van der Waals surface area contributed by atoms with Crippen molar-refractivity contribution < 1.29 is 9.53 Å². The normalized spacial score (nSPS) is 24.5. The average Bonchev–Trinajstić information content (AvgIpc) is 3.22. The zero-order valence-corrected chi connectivity index (χ0v) is 16.7.